The van der Waals surface area contributed by atoms with E-state index in [9.17, 15) is 4.79 Å². The van der Waals surface area contributed by atoms with Gasteiger partial charge in [0.1, 0.15) is 6.61 Å². The molecule has 13 heavy (non-hydrogen) atoms. The van der Waals surface area contributed by atoms with Crippen LogP contribution in [0.25, 0.3) is 0 Å². The topological polar surface area (TPSA) is 26.3 Å². The molecule has 0 fully saturated rings. The molecule has 0 aliphatic heterocycles. The van der Waals surface area contributed by atoms with Gasteiger partial charge in [-0.2, -0.15) is 0 Å². The summed E-state index contributed by atoms with van der Waals surface area (Å²) in [5.41, 5.74) is 2.32. The smallest absolute Gasteiger partial charge is 0.302 e. The molecular weight excluding hydrogens is 279 g/mol. The van der Waals surface area contributed by atoms with Gasteiger partial charge in [0.15, 0.2) is 0 Å². The van der Waals surface area contributed by atoms with Crippen molar-refractivity contribution in [1.82, 2.24) is 0 Å². The lowest BCUT2D eigenvalue weighted by atomic mass is 10.2. The van der Waals surface area contributed by atoms with Crippen molar-refractivity contribution >= 4 is 28.6 Å². The number of carbonyl (C=O) groups is 1. The zero-order valence-corrected chi connectivity index (χ0v) is 9.58. The first kappa shape index (κ1) is 10.5. The Labute approximate surface area is 91.4 Å². The van der Waals surface area contributed by atoms with Gasteiger partial charge in [-0.3, -0.25) is 4.79 Å². The Morgan fingerprint density at radius 1 is 1.31 bits per heavy atom. The normalized spacial score (nSPS) is 9.69. The molecule has 0 spiro atoms. The minimum absolute atomic E-state index is 0.238. The summed E-state index contributed by atoms with van der Waals surface area (Å²) < 4.78 is 5.87. The maximum absolute atomic E-state index is 10.5. The fourth-order valence-corrected chi connectivity index (χ4v) is 1.42. The third kappa shape index (κ3) is 3.76. The van der Waals surface area contributed by atoms with Crippen LogP contribution < -0.4 is 0 Å². The molecule has 1 rings (SSSR count). The summed E-state index contributed by atoms with van der Waals surface area (Å²) in [7, 11) is 0. The van der Waals surface area contributed by atoms with Crippen LogP contribution in [-0.2, 0) is 20.6 Å². The van der Waals surface area contributed by atoms with Gasteiger partial charge in [-0.1, -0.05) is 46.9 Å². The minimum atomic E-state index is -0.238. The molecule has 70 valence electrons. The minimum Gasteiger partial charge on any atom is -0.461 e. The van der Waals surface area contributed by atoms with E-state index in [1.807, 2.05) is 24.3 Å². The molecule has 0 aromatic heterocycles. The number of hydrogen-bond donors (Lipinski definition) is 0. The van der Waals surface area contributed by atoms with Gasteiger partial charge in [0, 0.05) is 11.4 Å². The van der Waals surface area contributed by atoms with Gasteiger partial charge < -0.3 is 4.74 Å². The van der Waals surface area contributed by atoms with Crippen LogP contribution in [-0.4, -0.2) is 5.97 Å². The van der Waals surface area contributed by atoms with Gasteiger partial charge in [-0.15, -0.1) is 0 Å². The van der Waals surface area contributed by atoms with E-state index in [0.29, 0.717) is 6.61 Å². The second kappa shape index (κ2) is 5.21. The second-order valence-corrected chi connectivity index (χ2v) is 3.49. The van der Waals surface area contributed by atoms with E-state index in [1.54, 1.807) is 0 Å². The van der Waals surface area contributed by atoms with Crippen LogP contribution in [0.3, 0.4) is 0 Å². The second-order valence-electron chi connectivity index (χ2n) is 2.73. The predicted molar refractivity (Wildman–Crippen MR) is 59.6 cm³/mol. The molecule has 1 aromatic carbocycles. The predicted octanol–water partition coefficient (Wildman–Crippen LogP) is 2.68. The van der Waals surface area contributed by atoms with E-state index < -0.39 is 0 Å². The van der Waals surface area contributed by atoms with Crippen molar-refractivity contribution in [2.45, 2.75) is 18.0 Å². The standard InChI is InChI=1S/C10H11IO2/c1-8(12)13-7-10-4-2-9(6-11)3-5-10/h2-5H,6-7H2,1H3. The maximum atomic E-state index is 10.5. The Morgan fingerprint density at radius 2 is 1.85 bits per heavy atom. The van der Waals surface area contributed by atoms with Crippen molar-refractivity contribution in [2.24, 2.45) is 0 Å². The Morgan fingerprint density at radius 3 is 2.31 bits per heavy atom. The molecule has 0 bridgehead atoms. The fourth-order valence-electron chi connectivity index (χ4n) is 0.910. The van der Waals surface area contributed by atoms with Crippen molar-refractivity contribution in [3.8, 4) is 0 Å². The van der Waals surface area contributed by atoms with E-state index in [2.05, 4.69) is 22.6 Å². The third-order valence-electron chi connectivity index (χ3n) is 1.62. The van der Waals surface area contributed by atoms with E-state index in [-0.39, 0.29) is 5.97 Å². The number of ether oxygens (including phenoxy) is 1. The number of benzene rings is 1. The van der Waals surface area contributed by atoms with Crippen LogP contribution in [0.15, 0.2) is 24.3 Å². The van der Waals surface area contributed by atoms with Crippen molar-refractivity contribution in [1.29, 1.82) is 0 Å². The van der Waals surface area contributed by atoms with E-state index in [4.69, 9.17) is 4.74 Å². The zero-order valence-electron chi connectivity index (χ0n) is 7.42. The van der Waals surface area contributed by atoms with Gasteiger partial charge >= 0.3 is 5.97 Å². The summed E-state index contributed by atoms with van der Waals surface area (Å²) in [4.78, 5) is 10.5. The summed E-state index contributed by atoms with van der Waals surface area (Å²) in [6.07, 6.45) is 0. The summed E-state index contributed by atoms with van der Waals surface area (Å²) in [5, 5.41) is 0. The average Bonchev–Trinajstić information content (AvgIpc) is 2.15. The highest BCUT2D eigenvalue weighted by Crippen LogP contribution is 2.08. The summed E-state index contributed by atoms with van der Waals surface area (Å²) in [6.45, 7) is 1.79. The van der Waals surface area contributed by atoms with Crippen molar-refractivity contribution < 1.29 is 9.53 Å². The lowest BCUT2D eigenvalue weighted by Crippen LogP contribution is -1.98. The highest BCUT2D eigenvalue weighted by Gasteiger charge is 1.96. The number of esters is 1. The first-order valence-corrected chi connectivity index (χ1v) is 5.52. The lowest BCUT2D eigenvalue weighted by molar-refractivity contribution is -0.142. The Hall–Kier alpha value is -0.580. The molecule has 0 amide bonds. The van der Waals surface area contributed by atoms with E-state index >= 15 is 0 Å². The van der Waals surface area contributed by atoms with Crippen molar-refractivity contribution in [3.63, 3.8) is 0 Å². The Balaban J connectivity index is 2.54. The van der Waals surface area contributed by atoms with Gasteiger partial charge in [-0.05, 0) is 11.1 Å². The lowest BCUT2D eigenvalue weighted by Gasteiger charge is -2.02. The molecule has 0 heterocycles. The molecule has 0 aliphatic carbocycles. The van der Waals surface area contributed by atoms with Crippen molar-refractivity contribution in [2.75, 3.05) is 0 Å². The highest BCUT2D eigenvalue weighted by atomic mass is 127. The average molecular weight is 290 g/mol. The molecule has 0 N–H and O–H groups in total. The first-order valence-electron chi connectivity index (χ1n) is 3.99. The van der Waals surface area contributed by atoms with Gasteiger partial charge in [-0.25, -0.2) is 0 Å². The van der Waals surface area contributed by atoms with Crippen LogP contribution >= 0.6 is 22.6 Å². The van der Waals surface area contributed by atoms with Crippen molar-refractivity contribution in [3.05, 3.63) is 35.4 Å². The largest absolute Gasteiger partial charge is 0.461 e. The molecule has 0 unspecified atom stereocenters. The molecule has 0 aliphatic rings. The number of hydrogen-bond acceptors (Lipinski definition) is 2. The Bertz CT molecular complexity index is 279. The van der Waals surface area contributed by atoms with Crippen LogP contribution in [0.4, 0.5) is 0 Å². The zero-order chi connectivity index (χ0) is 9.68. The van der Waals surface area contributed by atoms with Crippen LogP contribution in [0.1, 0.15) is 18.1 Å². The maximum Gasteiger partial charge on any atom is 0.302 e. The number of rotatable bonds is 3. The molecule has 3 heteroatoms. The van der Waals surface area contributed by atoms with Crippen LogP contribution in [0.5, 0.6) is 0 Å². The van der Waals surface area contributed by atoms with E-state index in [1.165, 1.54) is 12.5 Å². The molecular formula is C10H11IO2. The van der Waals surface area contributed by atoms with Gasteiger partial charge in [0.25, 0.3) is 0 Å². The summed E-state index contributed by atoms with van der Waals surface area (Å²) in [6, 6.07) is 8.06. The number of halogens is 1. The molecule has 2 nitrogen and oxygen atoms in total. The Kier molecular flexibility index (Phi) is 4.21. The summed E-state index contributed by atoms with van der Waals surface area (Å²) in [5.74, 6) is -0.238. The van der Waals surface area contributed by atoms with Gasteiger partial charge in [0.2, 0.25) is 0 Å². The fraction of sp³-hybridized carbons (Fsp3) is 0.300. The monoisotopic (exact) mass is 290 g/mol. The van der Waals surface area contributed by atoms with Gasteiger partial charge in [0.05, 0.1) is 0 Å². The summed E-state index contributed by atoms with van der Waals surface area (Å²) >= 11 is 2.31. The van der Waals surface area contributed by atoms with E-state index in [0.717, 1.165) is 9.99 Å². The third-order valence-corrected chi connectivity index (χ3v) is 2.50. The molecule has 1 aromatic rings. The SMILES string of the molecule is CC(=O)OCc1ccc(CI)cc1. The number of alkyl halides is 1. The number of carbonyl (C=O) groups excluding carboxylic acids is 1. The van der Waals surface area contributed by atoms with Crippen LogP contribution in [0.2, 0.25) is 0 Å². The molecule has 0 radical (unpaired) electrons. The molecule has 0 saturated carbocycles. The molecule has 0 atom stereocenters. The highest BCUT2D eigenvalue weighted by molar-refractivity contribution is 14.1. The molecule has 0 saturated heterocycles. The van der Waals surface area contributed by atoms with Crippen LogP contribution in [0, 0.1) is 0 Å². The quantitative estimate of drug-likeness (QED) is 0.486. The first-order chi connectivity index (χ1) is 6.22.